The first-order valence-electron chi connectivity index (χ1n) is 5.56. The molecular formula is C13H15FN2S. The summed E-state index contributed by atoms with van der Waals surface area (Å²) in [5.41, 5.74) is 2.78. The molecule has 0 aliphatic carbocycles. The quantitative estimate of drug-likeness (QED) is 0.895. The van der Waals surface area contributed by atoms with E-state index in [4.69, 9.17) is 0 Å². The van der Waals surface area contributed by atoms with Crippen molar-refractivity contribution in [2.45, 2.75) is 25.9 Å². The number of benzene rings is 1. The zero-order chi connectivity index (χ0) is 12.3. The second kappa shape index (κ2) is 5.38. The van der Waals surface area contributed by atoms with Gasteiger partial charge in [0.1, 0.15) is 5.82 Å². The molecule has 0 radical (unpaired) electrons. The van der Waals surface area contributed by atoms with Crippen LogP contribution < -0.4 is 5.32 Å². The monoisotopic (exact) mass is 250 g/mol. The molecule has 2 nitrogen and oxygen atoms in total. The first kappa shape index (κ1) is 12.2. The smallest absolute Gasteiger partial charge is 0.123 e. The second-order valence-corrected chi connectivity index (χ2v) is 4.99. The zero-order valence-electron chi connectivity index (χ0n) is 9.85. The van der Waals surface area contributed by atoms with Crippen LogP contribution >= 0.6 is 11.3 Å². The van der Waals surface area contributed by atoms with Gasteiger partial charge in [0.15, 0.2) is 0 Å². The van der Waals surface area contributed by atoms with Crippen LogP contribution in [0.2, 0.25) is 0 Å². The summed E-state index contributed by atoms with van der Waals surface area (Å²) in [7, 11) is 0. The zero-order valence-corrected chi connectivity index (χ0v) is 10.7. The van der Waals surface area contributed by atoms with Gasteiger partial charge in [-0.1, -0.05) is 12.1 Å². The van der Waals surface area contributed by atoms with Gasteiger partial charge < -0.3 is 5.32 Å². The maximum atomic E-state index is 13.1. The molecule has 0 fully saturated rings. The van der Waals surface area contributed by atoms with Crippen LogP contribution in [0.15, 0.2) is 36.0 Å². The van der Waals surface area contributed by atoms with Crippen molar-refractivity contribution in [2.75, 3.05) is 0 Å². The normalized spacial score (nSPS) is 14.5. The SMILES string of the molecule is CC(N[C@H](C)c1cccc(F)c1)c1cncs1. The van der Waals surface area contributed by atoms with Gasteiger partial charge in [0.25, 0.3) is 0 Å². The van der Waals surface area contributed by atoms with Crippen LogP contribution in [0.5, 0.6) is 0 Å². The lowest BCUT2D eigenvalue weighted by atomic mass is 10.1. The summed E-state index contributed by atoms with van der Waals surface area (Å²) in [5.74, 6) is -0.193. The van der Waals surface area contributed by atoms with Crippen molar-refractivity contribution in [3.63, 3.8) is 0 Å². The first-order valence-corrected chi connectivity index (χ1v) is 6.44. The van der Waals surface area contributed by atoms with Gasteiger partial charge in [0.2, 0.25) is 0 Å². The molecule has 2 atom stereocenters. The summed E-state index contributed by atoms with van der Waals surface area (Å²) in [5, 5.41) is 3.43. The Bertz CT molecular complexity index is 470. The fourth-order valence-electron chi connectivity index (χ4n) is 1.77. The summed E-state index contributed by atoms with van der Waals surface area (Å²) in [6.45, 7) is 4.12. The van der Waals surface area contributed by atoms with Gasteiger partial charge >= 0.3 is 0 Å². The fraction of sp³-hybridized carbons (Fsp3) is 0.308. The molecule has 90 valence electrons. The highest BCUT2D eigenvalue weighted by atomic mass is 32.1. The van der Waals surface area contributed by atoms with Gasteiger partial charge in [-0.15, -0.1) is 11.3 Å². The van der Waals surface area contributed by atoms with Crippen molar-refractivity contribution in [3.8, 4) is 0 Å². The van der Waals surface area contributed by atoms with Crippen LogP contribution in [0.1, 0.15) is 36.4 Å². The van der Waals surface area contributed by atoms with Crippen molar-refractivity contribution < 1.29 is 4.39 Å². The van der Waals surface area contributed by atoms with Gasteiger partial charge in [-0.05, 0) is 31.5 Å². The maximum Gasteiger partial charge on any atom is 0.123 e. The molecule has 17 heavy (non-hydrogen) atoms. The Morgan fingerprint density at radius 2 is 2.12 bits per heavy atom. The minimum atomic E-state index is -0.193. The molecule has 2 aromatic rings. The third-order valence-corrected chi connectivity index (χ3v) is 3.69. The van der Waals surface area contributed by atoms with Gasteiger partial charge in [0, 0.05) is 23.2 Å². The third-order valence-electron chi connectivity index (χ3n) is 2.73. The molecule has 0 amide bonds. The standard InChI is InChI=1S/C13H15FN2S/c1-9(11-4-3-5-12(14)6-11)16-10(2)13-7-15-8-17-13/h3-10,16H,1-2H3/t9-,10?/m1/s1. The Morgan fingerprint density at radius 3 is 2.76 bits per heavy atom. The molecule has 1 aromatic carbocycles. The molecule has 0 spiro atoms. The molecule has 1 N–H and O–H groups in total. The Balaban J connectivity index is 2.04. The Labute approximate surface area is 105 Å². The first-order chi connectivity index (χ1) is 8.16. The number of thiazole rings is 1. The van der Waals surface area contributed by atoms with E-state index in [9.17, 15) is 4.39 Å². The molecule has 4 heteroatoms. The van der Waals surface area contributed by atoms with Crippen LogP contribution in [0, 0.1) is 5.82 Å². The van der Waals surface area contributed by atoms with Crippen molar-refractivity contribution >= 4 is 11.3 Å². The molecule has 0 saturated carbocycles. The average Bonchev–Trinajstić information content (AvgIpc) is 2.82. The van der Waals surface area contributed by atoms with E-state index in [0.29, 0.717) is 0 Å². The number of rotatable bonds is 4. The summed E-state index contributed by atoms with van der Waals surface area (Å²) in [6, 6.07) is 7.03. The molecule has 1 aromatic heterocycles. The third kappa shape index (κ3) is 3.11. The maximum absolute atomic E-state index is 13.1. The molecular weight excluding hydrogens is 235 g/mol. The van der Waals surface area contributed by atoms with Gasteiger partial charge in [-0.25, -0.2) is 4.39 Å². The van der Waals surface area contributed by atoms with Crippen LogP contribution in [-0.2, 0) is 0 Å². The van der Waals surface area contributed by atoms with Crippen molar-refractivity contribution in [2.24, 2.45) is 0 Å². The topological polar surface area (TPSA) is 24.9 Å². The highest BCUT2D eigenvalue weighted by molar-refractivity contribution is 7.09. The Hall–Kier alpha value is -1.26. The van der Waals surface area contributed by atoms with Gasteiger partial charge in [-0.2, -0.15) is 0 Å². The van der Waals surface area contributed by atoms with E-state index in [0.717, 1.165) is 5.56 Å². The van der Waals surface area contributed by atoms with E-state index >= 15 is 0 Å². The summed E-state index contributed by atoms with van der Waals surface area (Å²) in [6.07, 6.45) is 1.86. The lowest BCUT2D eigenvalue weighted by molar-refractivity contribution is 0.496. The van der Waals surface area contributed by atoms with E-state index in [1.165, 1.54) is 10.9 Å². The summed E-state index contributed by atoms with van der Waals surface area (Å²) >= 11 is 1.62. The van der Waals surface area contributed by atoms with Crippen LogP contribution in [0.4, 0.5) is 4.39 Å². The fourth-order valence-corrected chi connectivity index (χ4v) is 2.41. The van der Waals surface area contributed by atoms with Crippen LogP contribution in [0.3, 0.4) is 0 Å². The molecule has 1 unspecified atom stereocenters. The number of nitrogens with zero attached hydrogens (tertiary/aromatic N) is 1. The largest absolute Gasteiger partial charge is 0.303 e. The van der Waals surface area contributed by atoms with E-state index in [-0.39, 0.29) is 17.9 Å². The highest BCUT2D eigenvalue weighted by Crippen LogP contribution is 2.21. The minimum Gasteiger partial charge on any atom is -0.303 e. The number of nitrogens with one attached hydrogen (secondary N) is 1. The molecule has 0 aliphatic heterocycles. The van der Waals surface area contributed by atoms with Crippen LogP contribution in [0.25, 0.3) is 0 Å². The summed E-state index contributed by atoms with van der Waals surface area (Å²) in [4.78, 5) is 5.24. The summed E-state index contributed by atoms with van der Waals surface area (Å²) < 4.78 is 13.1. The van der Waals surface area contributed by atoms with E-state index in [1.807, 2.05) is 24.7 Å². The number of hydrogen-bond donors (Lipinski definition) is 1. The van der Waals surface area contributed by atoms with Crippen molar-refractivity contribution in [1.29, 1.82) is 0 Å². The highest BCUT2D eigenvalue weighted by Gasteiger charge is 2.12. The molecule has 0 aliphatic rings. The van der Waals surface area contributed by atoms with E-state index in [2.05, 4.69) is 17.2 Å². The lowest BCUT2D eigenvalue weighted by Gasteiger charge is -2.19. The average molecular weight is 250 g/mol. The predicted octanol–water partition coefficient (Wildman–Crippen LogP) is 3.69. The van der Waals surface area contributed by atoms with Gasteiger partial charge in [-0.3, -0.25) is 4.98 Å². The second-order valence-electron chi connectivity index (χ2n) is 4.07. The Kier molecular flexibility index (Phi) is 3.86. The van der Waals surface area contributed by atoms with E-state index in [1.54, 1.807) is 23.5 Å². The number of hydrogen-bond acceptors (Lipinski definition) is 3. The molecule has 1 heterocycles. The predicted molar refractivity (Wildman–Crippen MR) is 68.5 cm³/mol. The van der Waals surface area contributed by atoms with Crippen molar-refractivity contribution in [1.82, 2.24) is 10.3 Å². The minimum absolute atomic E-state index is 0.114. The number of aromatic nitrogens is 1. The van der Waals surface area contributed by atoms with Crippen molar-refractivity contribution in [3.05, 3.63) is 52.2 Å². The molecule has 2 rings (SSSR count). The van der Waals surface area contributed by atoms with Crippen LogP contribution in [-0.4, -0.2) is 4.98 Å². The Morgan fingerprint density at radius 1 is 1.29 bits per heavy atom. The van der Waals surface area contributed by atoms with E-state index < -0.39 is 0 Å². The van der Waals surface area contributed by atoms with Gasteiger partial charge in [0.05, 0.1) is 5.51 Å². The molecule has 0 saturated heterocycles. The molecule has 0 bridgehead atoms. The lowest BCUT2D eigenvalue weighted by Crippen LogP contribution is -2.21. The number of halogens is 1.